The van der Waals surface area contributed by atoms with Crippen LogP contribution in [0.4, 0.5) is 0 Å². The summed E-state index contributed by atoms with van der Waals surface area (Å²) in [7, 11) is 0. The highest BCUT2D eigenvalue weighted by atomic mass is 35.5. The lowest BCUT2D eigenvalue weighted by molar-refractivity contribution is 0.0696. The molecular formula is C23H17ClN4O3. The molecule has 3 aromatic rings. The van der Waals surface area contributed by atoms with Crippen LogP contribution in [0.15, 0.2) is 30.3 Å². The molecule has 3 rings (SSSR count). The Morgan fingerprint density at radius 1 is 1.26 bits per heavy atom. The molecule has 0 aliphatic carbocycles. The van der Waals surface area contributed by atoms with Crippen LogP contribution < -0.4 is 0 Å². The number of hydrogen-bond acceptors (Lipinski definition) is 5. The van der Waals surface area contributed by atoms with Gasteiger partial charge < -0.3 is 9.67 Å². The van der Waals surface area contributed by atoms with Crippen LogP contribution in [-0.2, 0) is 13.0 Å². The van der Waals surface area contributed by atoms with Crippen molar-refractivity contribution in [3.63, 3.8) is 0 Å². The summed E-state index contributed by atoms with van der Waals surface area (Å²) in [5.74, 6) is -1.20. The number of carboxylic acids is 1. The van der Waals surface area contributed by atoms with E-state index in [9.17, 15) is 20.0 Å². The number of rotatable bonds is 6. The number of nitriles is 2. The molecule has 0 aliphatic heterocycles. The highest BCUT2D eigenvalue weighted by Gasteiger charge is 2.23. The van der Waals surface area contributed by atoms with Crippen LogP contribution in [-0.4, -0.2) is 26.9 Å². The van der Waals surface area contributed by atoms with Crippen LogP contribution in [0.2, 0.25) is 5.15 Å². The molecule has 0 aliphatic rings. The van der Waals surface area contributed by atoms with Crippen LogP contribution in [0, 0.1) is 29.6 Å². The molecule has 0 unspecified atom stereocenters. The van der Waals surface area contributed by atoms with E-state index in [1.54, 1.807) is 35.8 Å². The largest absolute Gasteiger partial charge is 0.478 e. The standard InChI is InChI=1S/C23H17ClN4O3/c1-3-19-16(8-17(23(30)31)22(24)27-19)11-28-13(2)21(18(10-26)20(28)12-29)15-6-4-14(9-25)5-7-15/h4-8,12H,3,11H2,1-2H3,(H,30,31). The van der Waals surface area contributed by atoms with Crippen molar-refractivity contribution in [3.8, 4) is 23.3 Å². The number of aromatic carboxylic acids is 1. The molecule has 0 bridgehead atoms. The highest BCUT2D eigenvalue weighted by Crippen LogP contribution is 2.33. The fraction of sp³-hybridized carbons (Fsp3) is 0.174. The minimum atomic E-state index is -1.20. The summed E-state index contributed by atoms with van der Waals surface area (Å²) in [6.45, 7) is 3.81. The molecule has 0 spiro atoms. The van der Waals surface area contributed by atoms with Gasteiger partial charge in [0.25, 0.3) is 0 Å². The Balaban J connectivity index is 2.21. The number of aromatic nitrogens is 2. The van der Waals surface area contributed by atoms with E-state index in [4.69, 9.17) is 16.9 Å². The highest BCUT2D eigenvalue weighted by molar-refractivity contribution is 6.32. The Hall–Kier alpha value is -3.94. The van der Waals surface area contributed by atoms with Crippen molar-refractivity contribution >= 4 is 23.9 Å². The molecule has 2 heterocycles. The number of hydrogen-bond donors (Lipinski definition) is 1. The molecule has 0 saturated carbocycles. The molecule has 0 saturated heterocycles. The third-order valence-electron chi connectivity index (χ3n) is 5.13. The first-order valence-electron chi connectivity index (χ1n) is 9.36. The maximum absolute atomic E-state index is 11.9. The number of carbonyl (C=O) groups excluding carboxylic acids is 1. The summed E-state index contributed by atoms with van der Waals surface area (Å²) in [5.41, 5.74) is 3.93. The van der Waals surface area contributed by atoms with Crippen LogP contribution in [0.1, 0.15) is 55.8 Å². The Kier molecular flexibility index (Phi) is 6.20. The van der Waals surface area contributed by atoms with Crippen molar-refractivity contribution in [3.05, 3.63) is 74.8 Å². The van der Waals surface area contributed by atoms with Gasteiger partial charge >= 0.3 is 5.97 Å². The lowest BCUT2D eigenvalue weighted by Crippen LogP contribution is -2.11. The molecular weight excluding hydrogens is 416 g/mol. The number of carbonyl (C=O) groups is 2. The van der Waals surface area contributed by atoms with E-state index in [-0.39, 0.29) is 28.5 Å². The van der Waals surface area contributed by atoms with Gasteiger partial charge in [0.15, 0.2) is 6.29 Å². The summed E-state index contributed by atoms with van der Waals surface area (Å²) in [6, 6.07) is 12.4. The van der Waals surface area contributed by atoms with Crippen molar-refractivity contribution in [1.82, 2.24) is 9.55 Å². The molecule has 1 aromatic carbocycles. The molecule has 0 fully saturated rings. The molecule has 0 atom stereocenters. The van der Waals surface area contributed by atoms with Crippen LogP contribution in [0.25, 0.3) is 11.1 Å². The second kappa shape index (κ2) is 8.83. The summed E-state index contributed by atoms with van der Waals surface area (Å²) < 4.78 is 1.68. The second-order valence-corrected chi connectivity index (χ2v) is 7.17. The molecule has 8 heteroatoms. The zero-order chi connectivity index (χ0) is 22.7. The molecule has 31 heavy (non-hydrogen) atoms. The monoisotopic (exact) mass is 432 g/mol. The Bertz CT molecular complexity index is 1280. The van der Waals surface area contributed by atoms with Gasteiger partial charge in [0.2, 0.25) is 0 Å². The third-order valence-corrected chi connectivity index (χ3v) is 5.42. The first-order chi connectivity index (χ1) is 14.9. The zero-order valence-corrected chi connectivity index (χ0v) is 17.6. The van der Waals surface area contributed by atoms with E-state index in [2.05, 4.69) is 11.1 Å². The van der Waals surface area contributed by atoms with Crippen molar-refractivity contribution in [1.29, 1.82) is 10.5 Å². The number of pyridine rings is 1. The number of halogens is 1. The number of aldehydes is 1. The first-order valence-corrected chi connectivity index (χ1v) is 9.74. The Morgan fingerprint density at radius 3 is 2.45 bits per heavy atom. The van der Waals surface area contributed by atoms with Crippen molar-refractivity contribution < 1.29 is 14.7 Å². The smallest absolute Gasteiger partial charge is 0.338 e. The van der Waals surface area contributed by atoms with Crippen molar-refractivity contribution in [2.45, 2.75) is 26.8 Å². The zero-order valence-electron chi connectivity index (χ0n) is 16.8. The van der Waals surface area contributed by atoms with E-state index in [0.29, 0.717) is 46.3 Å². The average Bonchev–Trinajstić information content (AvgIpc) is 3.04. The van der Waals surface area contributed by atoms with Crippen LogP contribution in [0.5, 0.6) is 0 Å². The third kappa shape index (κ3) is 3.92. The van der Waals surface area contributed by atoms with Gasteiger partial charge in [-0.25, -0.2) is 9.78 Å². The van der Waals surface area contributed by atoms with Crippen LogP contribution >= 0.6 is 11.6 Å². The number of benzene rings is 1. The fourth-order valence-corrected chi connectivity index (χ4v) is 3.83. The van der Waals surface area contributed by atoms with Gasteiger partial charge in [-0.1, -0.05) is 30.7 Å². The molecule has 7 nitrogen and oxygen atoms in total. The predicted octanol–water partition coefficient (Wildman–Crippen LogP) is 4.38. The van der Waals surface area contributed by atoms with Gasteiger partial charge in [-0.3, -0.25) is 4.79 Å². The van der Waals surface area contributed by atoms with Gasteiger partial charge in [-0.05, 0) is 42.7 Å². The predicted molar refractivity (Wildman–Crippen MR) is 114 cm³/mol. The molecule has 2 aromatic heterocycles. The SMILES string of the molecule is CCc1nc(Cl)c(C(=O)O)cc1Cn1c(C)c(-c2ccc(C#N)cc2)c(C#N)c1C=O. The minimum absolute atomic E-state index is 0.0936. The van der Waals surface area contributed by atoms with E-state index in [0.717, 1.165) is 0 Å². The lowest BCUT2D eigenvalue weighted by Gasteiger charge is -2.14. The molecule has 154 valence electrons. The molecule has 0 radical (unpaired) electrons. The maximum atomic E-state index is 11.9. The van der Waals surface area contributed by atoms with Crippen molar-refractivity contribution in [2.75, 3.05) is 0 Å². The normalized spacial score (nSPS) is 10.4. The van der Waals surface area contributed by atoms with Gasteiger partial charge in [0.05, 0.1) is 22.8 Å². The number of carboxylic acid groups (broad SMARTS) is 1. The van der Waals surface area contributed by atoms with Crippen molar-refractivity contribution in [2.24, 2.45) is 0 Å². The summed E-state index contributed by atoms with van der Waals surface area (Å²) in [5, 5.41) is 28.1. The van der Waals surface area contributed by atoms with E-state index in [1.165, 1.54) is 6.07 Å². The lowest BCUT2D eigenvalue weighted by atomic mass is 10.00. The number of aryl methyl sites for hydroxylation is 1. The second-order valence-electron chi connectivity index (χ2n) is 6.82. The topological polar surface area (TPSA) is 120 Å². The van der Waals surface area contributed by atoms with Gasteiger partial charge in [-0.2, -0.15) is 10.5 Å². The summed E-state index contributed by atoms with van der Waals surface area (Å²) >= 11 is 6.00. The summed E-state index contributed by atoms with van der Waals surface area (Å²) in [6.07, 6.45) is 1.13. The Labute approximate surface area is 183 Å². The number of nitrogens with zero attached hydrogens (tertiary/aromatic N) is 4. The van der Waals surface area contributed by atoms with E-state index in [1.807, 2.05) is 13.0 Å². The van der Waals surface area contributed by atoms with Gasteiger partial charge in [0.1, 0.15) is 16.9 Å². The van der Waals surface area contributed by atoms with Crippen LogP contribution in [0.3, 0.4) is 0 Å². The summed E-state index contributed by atoms with van der Waals surface area (Å²) in [4.78, 5) is 27.6. The fourth-order valence-electron chi connectivity index (χ4n) is 3.59. The maximum Gasteiger partial charge on any atom is 0.338 e. The van der Waals surface area contributed by atoms with E-state index >= 15 is 0 Å². The quantitative estimate of drug-likeness (QED) is 0.456. The van der Waals surface area contributed by atoms with E-state index < -0.39 is 5.97 Å². The van der Waals surface area contributed by atoms with Gasteiger partial charge in [-0.15, -0.1) is 0 Å². The minimum Gasteiger partial charge on any atom is -0.478 e. The Morgan fingerprint density at radius 2 is 1.94 bits per heavy atom. The van der Waals surface area contributed by atoms with Gasteiger partial charge in [0, 0.05) is 23.5 Å². The first kappa shape index (κ1) is 21.8. The molecule has 1 N–H and O–H groups in total. The molecule has 0 amide bonds. The average molecular weight is 433 g/mol.